The summed E-state index contributed by atoms with van der Waals surface area (Å²) in [6.07, 6.45) is 0. The number of benzene rings is 2. The van der Waals surface area contributed by atoms with Crippen molar-refractivity contribution >= 4 is 34.3 Å². The molecule has 0 saturated heterocycles. The molecule has 74 valence electrons. The van der Waals surface area contributed by atoms with Gasteiger partial charge < -0.3 is 0 Å². The lowest BCUT2D eigenvalue weighted by Gasteiger charge is -2.11. The Bertz CT molecular complexity index is 503. The molecule has 2 aromatic carbocycles. The highest BCUT2D eigenvalue weighted by molar-refractivity contribution is 8.21. The third kappa shape index (κ3) is 1.68. The van der Waals surface area contributed by atoms with E-state index in [4.69, 9.17) is 0 Å². The van der Waals surface area contributed by atoms with Crippen LogP contribution in [0, 0.1) is 0 Å². The van der Waals surface area contributed by atoms with Gasteiger partial charge in [-0.3, -0.25) is 0 Å². The van der Waals surface area contributed by atoms with E-state index in [0.29, 0.717) is 4.58 Å². The molecule has 0 nitrogen and oxygen atoms in total. The quantitative estimate of drug-likeness (QED) is 0.691. The van der Waals surface area contributed by atoms with E-state index in [1.54, 1.807) is 0 Å². The van der Waals surface area contributed by atoms with Crippen molar-refractivity contribution in [2.75, 3.05) is 0 Å². The Labute approximate surface area is 97.8 Å². The molecular weight excluding hydrogens is 220 g/mol. The molecule has 15 heavy (non-hydrogen) atoms. The van der Waals surface area contributed by atoms with Gasteiger partial charge in [0.2, 0.25) is 0 Å². The van der Waals surface area contributed by atoms with Crippen molar-refractivity contribution < 1.29 is 0 Å². The summed E-state index contributed by atoms with van der Waals surface area (Å²) in [6, 6.07) is 15.2. The summed E-state index contributed by atoms with van der Waals surface area (Å²) >= 11 is 3.79. The van der Waals surface area contributed by atoms with Crippen molar-refractivity contribution in [3.8, 4) is 0 Å². The second kappa shape index (κ2) is 3.95. The van der Waals surface area contributed by atoms with Crippen LogP contribution in [0.5, 0.6) is 0 Å². The van der Waals surface area contributed by atoms with Crippen LogP contribution in [0.2, 0.25) is 0 Å². The summed E-state index contributed by atoms with van der Waals surface area (Å²) in [5, 5.41) is 7.07. The van der Waals surface area contributed by atoms with Gasteiger partial charge >= 0.3 is 0 Å². The Morgan fingerprint density at radius 3 is 2.40 bits per heavy atom. The van der Waals surface area contributed by atoms with E-state index in [1.165, 1.54) is 16.3 Å². The summed E-state index contributed by atoms with van der Waals surface area (Å²) in [5.41, 5.74) is 1.44. The summed E-state index contributed by atoms with van der Waals surface area (Å²) in [4.78, 5) is 0. The first kappa shape index (κ1) is 9.37. The first-order chi connectivity index (χ1) is 7.45. The third-order valence-electron chi connectivity index (χ3n) is 2.54. The van der Waals surface area contributed by atoms with Gasteiger partial charge in [-0.15, -0.1) is 23.5 Å². The zero-order valence-electron chi connectivity index (χ0n) is 8.09. The minimum Gasteiger partial charge on any atom is -0.114 e. The Morgan fingerprint density at radius 2 is 1.53 bits per heavy atom. The normalized spacial score (nSPS) is 16.3. The van der Waals surface area contributed by atoms with E-state index in [-0.39, 0.29) is 0 Å². The highest BCUT2D eigenvalue weighted by Crippen LogP contribution is 2.47. The van der Waals surface area contributed by atoms with Crippen LogP contribution in [-0.4, -0.2) is 0 Å². The van der Waals surface area contributed by atoms with Crippen molar-refractivity contribution in [2.24, 2.45) is 0 Å². The van der Waals surface area contributed by atoms with Gasteiger partial charge in [-0.05, 0) is 27.2 Å². The molecule has 0 radical (unpaired) electrons. The van der Waals surface area contributed by atoms with Gasteiger partial charge in [-0.2, -0.15) is 0 Å². The van der Waals surface area contributed by atoms with Crippen LogP contribution < -0.4 is 0 Å². The standard InChI is InChI=1S/C13H10S2/c1-2-6-11-10(4-1)5-3-7-12(11)13-14-8-9-15-13/h1-9,13H. The molecule has 1 aliphatic heterocycles. The van der Waals surface area contributed by atoms with Crippen molar-refractivity contribution in [1.82, 2.24) is 0 Å². The zero-order chi connectivity index (χ0) is 10.1. The summed E-state index contributed by atoms with van der Waals surface area (Å²) in [5.74, 6) is 0. The molecule has 1 aliphatic rings. The SMILES string of the molecule is C1=CSC(c2cccc3ccccc23)S1. The smallest absolute Gasteiger partial charge is 0.0840 e. The van der Waals surface area contributed by atoms with Gasteiger partial charge in [0.15, 0.2) is 0 Å². The second-order valence-electron chi connectivity index (χ2n) is 3.44. The van der Waals surface area contributed by atoms with Gasteiger partial charge in [0.25, 0.3) is 0 Å². The number of rotatable bonds is 1. The molecule has 0 atom stereocenters. The second-order valence-corrected chi connectivity index (χ2v) is 5.77. The maximum atomic E-state index is 2.24. The zero-order valence-corrected chi connectivity index (χ0v) is 9.72. The van der Waals surface area contributed by atoms with Crippen molar-refractivity contribution in [3.05, 3.63) is 58.8 Å². The number of fused-ring (bicyclic) bond motifs is 1. The monoisotopic (exact) mass is 230 g/mol. The molecule has 0 saturated carbocycles. The number of hydrogen-bond acceptors (Lipinski definition) is 2. The first-order valence-electron chi connectivity index (χ1n) is 4.89. The number of hydrogen-bond donors (Lipinski definition) is 0. The van der Waals surface area contributed by atoms with E-state index < -0.39 is 0 Å². The van der Waals surface area contributed by atoms with E-state index in [2.05, 4.69) is 53.3 Å². The lowest BCUT2D eigenvalue weighted by molar-refractivity contribution is 1.44. The van der Waals surface area contributed by atoms with E-state index in [9.17, 15) is 0 Å². The highest BCUT2D eigenvalue weighted by atomic mass is 32.2. The van der Waals surface area contributed by atoms with Gasteiger partial charge in [-0.25, -0.2) is 0 Å². The summed E-state index contributed by atoms with van der Waals surface area (Å²) in [7, 11) is 0. The van der Waals surface area contributed by atoms with Crippen LogP contribution in [-0.2, 0) is 0 Å². The molecule has 2 heteroatoms. The minimum atomic E-state index is 0.538. The lowest BCUT2D eigenvalue weighted by Crippen LogP contribution is -1.86. The van der Waals surface area contributed by atoms with Crippen LogP contribution in [0.25, 0.3) is 10.8 Å². The number of thioether (sulfide) groups is 2. The average Bonchev–Trinajstić information content (AvgIpc) is 2.82. The van der Waals surface area contributed by atoms with Gasteiger partial charge in [-0.1, -0.05) is 42.5 Å². The van der Waals surface area contributed by atoms with Crippen LogP contribution in [0.3, 0.4) is 0 Å². The van der Waals surface area contributed by atoms with Crippen molar-refractivity contribution in [2.45, 2.75) is 4.58 Å². The van der Waals surface area contributed by atoms with Crippen molar-refractivity contribution in [1.29, 1.82) is 0 Å². The fraction of sp³-hybridized carbons (Fsp3) is 0.0769. The Hall–Kier alpha value is -0.860. The molecule has 0 aromatic heterocycles. The molecule has 0 fully saturated rings. The fourth-order valence-electron chi connectivity index (χ4n) is 1.84. The summed E-state index contributed by atoms with van der Waals surface area (Å²) in [6.45, 7) is 0. The topological polar surface area (TPSA) is 0 Å². The maximum Gasteiger partial charge on any atom is 0.0840 e. The molecule has 0 bridgehead atoms. The molecule has 0 N–H and O–H groups in total. The Kier molecular flexibility index (Phi) is 2.47. The molecule has 0 amide bonds. The Balaban J connectivity index is 2.17. The molecule has 3 rings (SSSR count). The van der Waals surface area contributed by atoms with Crippen LogP contribution >= 0.6 is 23.5 Å². The molecule has 2 aromatic rings. The summed E-state index contributed by atoms with van der Waals surface area (Å²) < 4.78 is 0.538. The fourth-order valence-corrected chi connectivity index (χ4v) is 3.99. The van der Waals surface area contributed by atoms with Crippen molar-refractivity contribution in [3.63, 3.8) is 0 Å². The largest absolute Gasteiger partial charge is 0.114 e. The minimum absolute atomic E-state index is 0.538. The van der Waals surface area contributed by atoms with Crippen LogP contribution in [0.1, 0.15) is 10.1 Å². The molecular formula is C13H10S2. The Morgan fingerprint density at radius 1 is 0.800 bits per heavy atom. The molecule has 0 aliphatic carbocycles. The van der Waals surface area contributed by atoms with Gasteiger partial charge in [0, 0.05) is 0 Å². The molecule has 0 unspecified atom stereocenters. The average molecular weight is 230 g/mol. The van der Waals surface area contributed by atoms with Crippen LogP contribution in [0.15, 0.2) is 53.3 Å². The van der Waals surface area contributed by atoms with E-state index >= 15 is 0 Å². The maximum absolute atomic E-state index is 2.24. The van der Waals surface area contributed by atoms with Crippen LogP contribution in [0.4, 0.5) is 0 Å². The molecule has 1 heterocycles. The first-order valence-corrected chi connectivity index (χ1v) is 6.77. The van der Waals surface area contributed by atoms with Gasteiger partial charge in [0.1, 0.15) is 0 Å². The predicted octanol–water partition coefficient (Wildman–Crippen LogP) is 4.79. The van der Waals surface area contributed by atoms with E-state index in [0.717, 1.165) is 0 Å². The molecule has 0 spiro atoms. The van der Waals surface area contributed by atoms with Gasteiger partial charge in [0.05, 0.1) is 4.58 Å². The highest BCUT2D eigenvalue weighted by Gasteiger charge is 2.16. The lowest BCUT2D eigenvalue weighted by atomic mass is 10.1. The third-order valence-corrected chi connectivity index (χ3v) is 4.96. The van der Waals surface area contributed by atoms with E-state index in [1.807, 2.05) is 23.5 Å². The predicted molar refractivity (Wildman–Crippen MR) is 71.0 cm³/mol.